The number of carbonyl (C=O) groups is 2. The Labute approximate surface area is 98.9 Å². The standard InChI is InChI=1S/C11H17F2NO3/c1-10(2,3)17-9(16)14-5-7(15)11(4,6-14)8(12)13/h8H,5-6H2,1-4H3. The van der Waals surface area contributed by atoms with Crippen LogP contribution in [0.1, 0.15) is 27.7 Å². The topological polar surface area (TPSA) is 46.6 Å². The first-order chi connectivity index (χ1) is 7.56. The van der Waals surface area contributed by atoms with Gasteiger partial charge in [0.25, 0.3) is 6.43 Å². The largest absolute Gasteiger partial charge is 0.444 e. The Kier molecular flexibility index (Phi) is 3.45. The van der Waals surface area contributed by atoms with E-state index in [1.165, 1.54) is 6.92 Å². The molecule has 0 aromatic rings. The number of carbonyl (C=O) groups excluding carboxylic acids is 2. The summed E-state index contributed by atoms with van der Waals surface area (Å²) in [5, 5.41) is 0. The van der Waals surface area contributed by atoms with Gasteiger partial charge in [0, 0.05) is 6.54 Å². The molecule has 1 unspecified atom stereocenters. The molecule has 1 aliphatic heterocycles. The summed E-state index contributed by atoms with van der Waals surface area (Å²) in [5.74, 6) is -0.627. The highest BCUT2D eigenvalue weighted by atomic mass is 19.3. The quantitative estimate of drug-likeness (QED) is 0.714. The van der Waals surface area contributed by atoms with Crippen LogP contribution in [0, 0.1) is 5.41 Å². The summed E-state index contributed by atoms with van der Waals surface area (Å²) in [4.78, 5) is 24.1. The second kappa shape index (κ2) is 4.23. The Morgan fingerprint density at radius 1 is 1.47 bits per heavy atom. The number of nitrogens with zero attached hydrogens (tertiary/aromatic N) is 1. The van der Waals surface area contributed by atoms with Crippen LogP contribution in [0.15, 0.2) is 0 Å². The zero-order chi connectivity index (χ0) is 13.4. The van der Waals surface area contributed by atoms with Crippen molar-refractivity contribution in [2.24, 2.45) is 5.41 Å². The van der Waals surface area contributed by atoms with E-state index in [-0.39, 0.29) is 13.1 Å². The fourth-order valence-corrected chi connectivity index (χ4v) is 1.54. The number of ether oxygens (including phenoxy) is 1. The van der Waals surface area contributed by atoms with Gasteiger partial charge in [-0.15, -0.1) is 0 Å². The lowest BCUT2D eigenvalue weighted by atomic mass is 9.89. The number of Topliss-reactive ketones (excluding diaryl/α,β-unsaturated/α-hetero) is 1. The molecule has 1 heterocycles. The van der Waals surface area contributed by atoms with Crippen LogP contribution >= 0.6 is 0 Å². The molecule has 0 bridgehead atoms. The molecule has 0 radical (unpaired) electrons. The van der Waals surface area contributed by atoms with E-state index in [1.54, 1.807) is 20.8 Å². The molecule has 1 atom stereocenters. The maximum atomic E-state index is 12.7. The molecule has 6 heteroatoms. The van der Waals surface area contributed by atoms with Crippen molar-refractivity contribution in [2.45, 2.75) is 39.7 Å². The third-order valence-corrected chi connectivity index (χ3v) is 2.62. The Morgan fingerprint density at radius 3 is 2.35 bits per heavy atom. The predicted molar refractivity (Wildman–Crippen MR) is 56.9 cm³/mol. The van der Waals surface area contributed by atoms with Crippen LogP contribution in [0.3, 0.4) is 0 Å². The third-order valence-electron chi connectivity index (χ3n) is 2.62. The van der Waals surface area contributed by atoms with Gasteiger partial charge in [-0.2, -0.15) is 0 Å². The number of alkyl halides is 2. The fraction of sp³-hybridized carbons (Fsp3) is 0.818. The predicted octanol–water partition coefficient (Wildman–Crippen LogP) is 2.08. The van der Waals surface area contributed by atoms with Gasteiger partial charge in [-0.25, -0.2) is 13.6 Å². The molecule has 0 spiro atoms. The van der Waals surface area contributed by atoms with Gasteiger partial charge in [-0.3, -0.25) is 9.69 Å². The fourth-order valence-electron chi connectivity index (χ4n) is 1.54. The Hall–Kier alpha value is -1.20. The summed E-state index contributed by atoms with van der Waals surface area (Å²) >= 11 is 0. The van der Waals surface area contributed by atoms with Crippen LogP contribution in [0.25, 0.3) is 0 Å². The van der Waals surface area contributed by atoms with E-state index in [2.05, 4.69) is 0 Å². The van der Waals surface area contributed by atoms with Gasteiger partial charge in [-0.05, 0) is 27.7 Å². The van der Waals surface area contributed by atoms with Crippen molar-refractivity contribution in [1.82, 2.24) is 4.90 Å². The lowest BCUT2D eigenvalue weighted by molar-refractivity contribution is -0.130. The van der Waals surface area contributed by atoms with E-state index in [0.717, 1.165) is 4.90 Å². The molecular formula is C11H17F2NO3. The maximum absolute atomic E-state index is 12.7. The van der Waals surface area contributed by atoms with Crippen molar-refractivity contribution in [1.29, 1.82) is 0 Å². The summed E-state index contributed by atoms with van der Waals surface area (Å²) in [5.41, 5.74) is -2.47. The van der Waals surface area contributed by atoms with Crippen molar-refractivity contribution in [2.75, 3.05) is 13.1 Å². The highest BCUT2D eigenvalue weighted by Crippen LogP contribution is 2.33. The average molecular weight is 249 g/mol. The minimum absolute atomic E-state index is 0.293. The van der Waals surface area contributed by atoms with Gasteiger partial charge in [0.05, 0.1) is 6.54 Å². The number of likely N-dealkylation sites (tertiary alicyclic amines) is 1. The van der Waals surface area contributed by atoms with Crippen LogP contribution in [0.4, 0.5) is 13.6 Å². The molecule has 0 aromatic carbocycles. The molecule has 17 heavy (non-hydrogen) atoms. The molecule has 0 N–H and O–H groups in total. The normalized spacial score (nSPS) is 25.6. The summed E-state index contributed by atoms with van der Waals surface area (Å²) in [6, 6.07) is 0. The van der Waals surface area contributed by atoms with Gasteiger partial charge in [0.1, 0.15) is 11.0 Å². The first-order valence-electron chi connectivity index (χ1n) is 5.35. The molecule has 1 saturated heterocycles. The molecule has 0 aromatic heterocycles. The van der Waals surface area contributed by atoms with Crippen molar-refractivity contribution in [3.63, 3.8) is 0 Å². The number of halogens is 2. The molecule has 98 valence electrons. The second-order valence-electron chi connectivity index (χ2n) is 5.48. The smallest absolute Gasteiger partial charge is 0.410 e. The zero-order valence-corrected chi connectivity index (χ0v) is 10.4. The summed E-state index contributed by atoms with van der Waals surface area (Å²) in [6.45, 7) is 5.60. The number of hydrogen-bond donors (Lipinski definition) is 0. The summed E-state index contributed by atoms with van der Waals surface area (Å²) in [6.07, 6.45) is -3.50. The van der Waals surface area contributed by atoms with Crippen LogP contribution in [-0.2, 0) is 9.53 Å². The highest BCUT2D eigenvalue weighted by Gasteiger charge is 2.51. The molecule has 1 amide bonds. The van der Waals surface area contributed by atoms with Crippen LogP contribution in [0.5, 0.6) is 0 Å². The summed E-state index contributed by atoms with van der Waals surface area (Å²) < 4.78 is 30.5. The van der Waals surface area contributed by atoms with Gasteiger partial charge >= 0.3 is 6.09 Å². The van der Waals surface area contributed by atoms with E-state index in [4.69, 9.17) is 4.74 Å². The van der Waals surface area contributed by atoms with Crippen molar-refractivity contribution in [3.05, 3.63) is 0 Å². The molecule has 4 nitrogen and oxygen atoms in total. The van der Waals surface area contributed by atoms with Gasteiger partial charge in [-0.1, -0.05) is 0 Å². The number of hydrogen-bond acceptors (Lipinski definition) is 3. The van der Waals surface area contributed by atoms with Crippen LogP contribution < -0.4 is 0 Å². The van der Waals surface area contributed by atoms with E-state index in [9.17, 15) is 18.4 Å². The first-order valence-corrected chi connectivity index (χ1v) is 5.35. The number of ketones is 1. The van der Waals surface area contributed by atoms with Crippen LogP contribution in [0.2, 0.25) is 0 Å². The van der Waals surface area contributed by atoms with E-state index in [0.29, 0.717) is 0 Å². The lowest BCUT2D eigenvalue weighted by Gasteiger charge is -2.25. The molecule has 1 aliphatic rings. The second-order valence-corrected chi connectivity index (χ2v) is 5.48. The minimum atomic E-state index is -2.78. The van der Waals surface area contributed by atoms with Crippen molar-refractivity contribution >= 4 is 11.9 Å². The number of amides is 1. The van der Waals surface area contributed by atoms with Crippen molar-refractivity contribution in [3.8, 4) is 0 Å². The molecule has 0 saturated carbocycles. The Balaban J connectivity index is 2.73. The molecule has 0 aliphatic carbocycles. The molecule has 1 fully saturated rings. The van der Waals surface area contributed by atoms with Gasteiger partial charge < -0.3 is 4.74 Å². The van der Waals surface area contributed by atoms with E-state index in [1.807, 2.05) is 0 Å². The van der Waals surface area contributed by atoms with E-state index < -0.39 is 29.3 Å². The van der Waals surface area contributed by atoms with Gasteiger partial charge in [0.15, 0.2) is 5.78 Å². The third kappa shape index (κ3) is 2.92. The van der Waals surface area contributed by atoms with E-state index >= 15 is 0 Å². The average Bonchev–Trinajstić information content (AvgIpc) is 2.42. The van der Waals surface area contributed by atoms with Crippen LogP contribution in [-0.4, -0.2) is 41.9 Å². The molecular weight excluding hydrogens is 232 g/mol. The zero-order valence-electron chi connectivity index (χ0n) is 10.4. The van der Waals surface area contributed by atoms with Gasteiger partial charge in [0.2, 0.25) is 0 Å². The lowest BCUT2D eigenvalue weighted by Crippen LogP contribution is -2.38. The SMILES string of the molecule is CC(C)(C)OC(=O)N1CC(=O)C(C)(C(F)F)C1. The van der Waals surface area contributed by atoms with Crippen molar-refractivity contribution < 1.29 is 23.1 Å². The monoisotopic (exact) mass is 249 g/mol. The highest BCUT2D eigenvalue weighted by molar-refractivity contribution is 5.92. The maximum Gasteiger partial charge on any atom is 0.410 e. The first kappa shape index (κ1) is 13.9. The summed E-state index contributed by atoms with van der Waals surface area (Å²) in [7, 11) is 0. The Bertz CT molecular complexity index is 338. The number of rotatable bonds is 1. The minimum Gasteiger partial charge on any atom is -0.444 e. The molecule has 1 rings (SSSR count). The Morgan fingerprint density at radius 2 is 2.00 bits per heavy atom.